The SMILES string of the molecule is CCCc1ccc(Oc2ccc(CN)cn2)cc1. The second-order valence-corrected chi connectivity index (χ2v) is 4.20. The molecule has 0 saturated heterocycles. The van der Waals surface area contributed by atoms with E-state index >= 15 is 0 Å². The second kappa shape index (κ2) is 6.17. The zero-order valence-electron chi connectivity index (χ0n) is 10.6. The number of rotatable bonds is 5. The van der Waals surface area contributed by atoms with Crippen molar-refractivity contribution in [2.45, 2.75) is 26.3 Å². The highest BCUT2D eigenvalue weighted by Gasteiger charge is 1.99. The summed E-state index contributed by atoms with van der Waals surface area (Å²) in [5.41, 5.74) is 7.85. The molecule has 3 heteroatoms. The van der Waals surface area contributed by atoms with Crippen molar-refractivity contribution in [3.63, 3.8) is 0 Å². The topological polar surface area (TPSA) is 48.1 Å². The molecule has 0 aliphatic carbocycles. The quantitative estimate of drug-likeness (QED) is 0.875. The van der Waals surface area contributed by atoms with Crippen LogP contribution in [-0.4, -0.2) is 4.98 Å². The van der Waals surface area contributed by atoms with Gasteiger partial charge in [-0.25, -0.2) is 4.98 Å². The molecule has 18 heavy (non-hydrogen) atoms. The van der Waals surface area contributed by atoms with Gasteiger partial charge in [-0.2, -0.15) is 0 Å². The van der Waals surface area contributed by atoms with Gasteiger partial charge in [0.25, 0.3) is 0 Å². The maximum absolute atomic E-state index is 5.66. The Morgan fingerprint density at radius 2 is 1.78 bits per heavy atom. The first-order chi connectivity index (χ1) is 8.81. The molecule has 0 spiro atoms. The van der Waals surface area contributed by atoms with Crippen molar-refractivity contribution in [2.75, 3.05) is 0 Å². The van der Waals surface area contributed by atoms with Crippen LogP contribution < -0.4 is 10.5 Å². The van der Waals surface area contributed by atoms with Crippen molar-refractivity contribution in [2.24, 2.45) is 5.73 Å². The molecule has 2 rings (SSSR count). The average Bonchev–Trinajstić information content (AvgIpc) is 2.42. The highest BCUT2D eigenvalue weighted by Crippen LogP contribution is 2.20. The van der Waals surface area contributed by atoms with Crippen molar-refractivity contribution in [3.8, 4) is 11.6 Å². The largest absolute Gasteiger partial charge is 0.439 e. The van der Waals surface area contributed by atoms with Crippen LogP contribution in [0.5, 0.6) is 11.6 Å². The zero-order chi connectivity index (χ0) is 12.8. The summed E-state index contributed by atoms with van der Waals surface area (Å²) in [5, 5.41) is 0. The van der Waals surface area contributed by atoms with E-state index in [-0.39, 0.29) is 0 Å². The van der Waals surface area contributed by atoms with Gasteiger partial charge in [0.05, 0.1) is 0 Å². The van der Waals surface area contributed by atoms with Crippen LogP contribution in [0.25, 0.3) is 0 Å². The van der Waals surface area contributed by atoms with E-state index in [2.05, 4.69) is 24.0 Å². The van der Waals surface area contributed by atoms with Crippen molar-refractivity contribution in [3.05, 3.63) is 53.7 Å². The third kappa shape index (κ3) is 3.31. The molecule has 94 valence electrons. The minimum atomic E-state index is 0.499. The first kappa shape index (κ1) is 12.6. The Morgan fingerprint density at radius 3 is 2.33 bits per heavy atom. The van der Waals surface area contributed by atoms with Crippen LogP contribution in [0, 0.1) is 0 Å². The summed E-state index contributed by atoms with van der Waals surface area (Å²) < 4.78 is 5.66. The molecule has 1 heterocycles. The Morgan fingerprint density at radius 1 is 1.06 bits per heavy atom. The van der Waals surface area contributed by atoms with E-state index in [9.17, 15) is 0 Å². The summed E-state index contributed by atoms with van der Waals surface area (Å²) in [6.45, 7) is 2.67. The first-order valence-electron chi connectivity index (χ1n) is 6.23. The van der Waals surface area contributed by atoms with Gasteiger partial charge >= 0.3 is 0 Å². The van der Waals surface area contributed by atoms with Crippen molar-refractivity contribution in [1.82, 2.24) is 4.98 Å². The van der Waals surface area contributed by atoms with Crippen LogP contribution >= 0.6 is 0 Å². The Kier molecular flexibility index (Phi) is 4.31. The molecule has 0 fully saturated rings. The normalized spacial score (nSPS) is 10.3. The predicted octanol–water partition coefficient (Wildman–Crippen LogP) is 3.29. The molecule has 0 unspecified atom stereocenters. The van der Waals surface area contributed by atoms with E-state index < -0.39 is 0 Å². The number of nitrogens with zero attached hydrogens (tertiary/aromatic N) is 1. The lowest BCUT2D eigenvalue weighted by Crippen LogP contribution is -1.97. The van der Waals surface area contributed by atoms with Crippen molar-refractivity contribution in [1.29, 1.82) is 0 Å². The second-order valence-electron chi connectivity index (χ2n) is 4.20. The smallest absolute Gasteiger partial charge is 0.219 e. The summed E-state index contributed by atoms with van der Waals surface area (Å²) in [6, 6.07) is 11.9. The number of ether oxygens (including phenoxy) is 1. The highest BCUT2D eigenvalue weighted by atomic mass is 16.5. The summed E-state index contributed by atoms with van der Waals surface area (Å²) in [7, 11) is 0. The number of aromatic nitrogens is 1. The van der Waals surface area contributed by atoms with Crippen LogP contribution in [0.4, 0.5) is 0 Å². The van der Waals surface area contributed by atoms with Crippen molar-refractivity contribution >= 4 is 0 Å². The van der Waals surface area contributed by atoms with Crippen molar-refractivity contribution < 1.29 is 4.74 Å². The minimum Gasteiger partial charge on any atom is -0.439 e. The lowest BCUT2D eigenvalue weighted by molar-refractivity contribution is 0.462. The van der Waals surface area contributed by atoms with Crippen LogP contribution in [0.1, 0.15) is 24.5 Å². The molecular weight excluding hydrogens is 224 g/mol. The van der Waals surface area contributed by atoms with Gasteiger partial charge < -0.3 is 10.5 Å². The van der Waals surface area contributed by atoms with Crippen LogP contribution in [-0.2, 0) is 13.0 Å². The number of pyridine rings is 1. The molecule has 0 atom stereocenters. The molecule has 0 radical (unpaired) electrons. The van der Waals surface area contributed by atoms with Crippen LogP contribution in [0.2, 0.25) is 0 Å². The Labute approximate surface area is 108 Å². The zero-order valence-corrected chi connectivity index (χ0v) is 10.6. The third-order valence-electron chi connectivity index (χ3n) is 2.72. The van der Waals surface area contributed by atoms with E-state index in [0.29, 0.717) is 12.4 Å². The van der Waals surface area contributed by atoms with Gasteiger partial charge in [0.15, 0.2) is 0 Å². The fourth-order valence-corrected chi connectivity index (χ4v) is 1.73. The van der Waals surface area contributed by atoms with Gasteiger partial charge in [-0.15, -0.1) is 0 Å². The Bertz CT molecular complexity index is 477. The van der Waals surface area contributed by atoms with E-state index in [1.807, 2.05) is 24.3 Å². The molecule has 3 nitrogen and oxygen atoms in total. The van der Waals surface area contributed by atoms with Gasteiger partial charge in [0.1, 0.15) is 5.75 Å². The Balaban J connectivity index is 2.03. The predicted molar refractivity (Wildman–Crippen MR) is 72.6 cm³/mol. The molecule has 2 aromatic rings. The minimum absolute atomic E-state index is 0.499. The van der Waals surface area contributed by atoms with Crippen LogP contribution in [0.3, 0.4) is 0 Å². The van der Waals surface area contributed by atoms with Crippen LogP contribution in [0.15, 0.2) is 42.6 Å². The lowest BCUT2D eigenvalue weighted by atomic mass is 10.1. The van der Waals surface area contributed by atoms with Gasteiger partial charge in [0, 0.05) is 18.8 Å². The maximum Gasteiger partial charge on any atom is 0.219 e. The standard InChI is InChI=1S/C15H18N2O/c1-2-3-12-4-7-14(8-5-12)18-15-9-6-13(10-16)11-17-15/h4-9,11H,2-3,10,16H2,1H3. The summed E-state index contributed by atoms with van der Waals surface area (Å²) >= 11 is 0. The average molecular weight is 242 g/mol. The van der Waals surface area contributed by atoms with Gasteiger partial charge in [-0.3, -0.25) is 0 Å². The summed E-state index contributed by atoms with van der Waals surface area (Å²) in [5.74, 6) is 1.40. The molecule has 0 aliphatic heterocycles. The summed E-state index contributed by atoms with van der Waals surface area (Å²) in [6.07, 6.45) is 3.99. The molecule has 1 aromatic heterocycles. The first-order valence-corrected chi connectivity index (χ1v) is 6.23. The van der Waals surface area contributed by atoms with E-state index in [0.717, 1.165) is 24.2 Å². The number of hydrogen-bond acceptors (Lipinski definition) is 3. The molecule has 0 aliphatic rings. The summed E-state index contributed by atoms with van der Waals surface area (Å²) in [4.78, 5) is 4.20. The van der Waals surface area contributed by atoms with E-state index in [4.69, 9.17) is 10.5 Å². The molecular formula is C15H18N2O. The molecule has 0 bridgehead atoms. The number of nitrogens with two attached hydrogens (primary N) is 1. The molecule has 0 saturated carbocycles. The van der Waals surface area contributed by atoms with Gasteiger partial charge in [-0.1, -0.05) is 31.5 Å². The van der Waals surface area contributed by atoms with Gasteiger partial charge in [0.2, 0.25) is 5.88 Å². The maximum atomic E-state index is 5.66. The number of benzene rings is 1. The fraction of sp³-hybridized carbons (Fsp3) is 0.267. The molecule has 2 N–H and O–H groups in total. The monoisotopic (exact) mass is 242 g/mol. The molecule has 1 aromatic carbocycles. The molecule has 0 amide bonds. The highest BCUT2D eigenvalue weighted by molar-refractivity contribution is 5.31. The van der Waals surface area contributed by atoms with E-state index in [1.54, 1.807) is 6.20 Å². The van der Waals surface area contributed by atoms with Gasteiger partial charge in [-0.05, 0) is 29.7 Å². The lowest BCUT2D eigenvalue weighted by Gasteiger charge is -2.06. The number of aryl methyl sites for hydroxylation is 1. The third-order valence-corrected chi connectivity index (χ3v) is 2.72. The number of hydrogen-bond donors (Lipinski definition) is 1. The fourth-order valence-electron chi connectivity index (χ4n) is 1.73. The van der Waals surface area contributed by atoms with E-state index in [1.165, 1.54) is 5.56 Å². The Hall–Kier alpha value is -1.87.